The van der Waals surface area contributed by atoms with Crippen LogP contribution in [-0.4, -0.2) is 48.8 Å². The first-order valence-corrected chi connectivity index (χ1v) is 7.65. The summed E-state index contributed by atoms with van der Waals surface area (Å²) >= 11 is 0. The van der Waals surface area contributed by atoms with Gasteiger partial charge in [0.2, 0.25) is 5.95 Å². The molecular formula is C16H19FN4O3. The standard InChI is InChI=1S/C16H19FN4O3/c1-23-12-5-11(6-13(7-12)24-2)20-14-3-4-21(15(14)22)16-18-8-10(17)9-19-16/h5,7-9,13-14,20H,3-4,6H2,1-2H3. The lowest BCUT2D eigenvalue weighted by Gasteiger charge is -2.23. The van der Waals surface area contributed by atoms with Gasteiger partial charge in [0.15, 0.2) is 5.82 Å². The number of hydrogen-bond acceptors (Lipinski definition) is 6. The van der Waals surface area contributed by atoms with Gasteiger partial charge in [-0.05, 0) is 18.6 Å². The quantitative estimate of drug-likeness (QED) is 0.870. The summed E-state index contributed by atoms with van der Waals surface area (Å²) in [6.07, 6.45) is 7.01. The summed E-state index contributed by atoms with van der Waals surface area (Å²) in [6, 6.07) is -0.376. The van der Waals surface area contributed by atoms with E-state index in [1.807, 2.05) is 12.2 Å². The predicted octanol–water partition coefficient (Wildman–Crippen LogP) is 1.14. The number of ether oxygens (including phenoxy) is 2. The summed E-state index contributed by atoms with van der Waals surface area (Å²) in [5, 5.41) is 3.25. The van der Waals surface area contributed by atoms with Crippen LogP contribution < -0.4 is 10.2 Å². The molecule has 1 aromatic heterocycles. The molecule has 128 valence electrons. The maximum atomic E-state index is 12.9. The Labute approximate surface area is 139 Å². The topological polar surface area (TPSA) is 76.6 Å². The molecule has 7 nitrogen and oxygen atoms in total. The zero-order chi connectivity index (χ0) is 17.1. The van der Waals surface area contributed by atoms with E-state index in [9.17, 15) is 9.18 Å². The van der Waals surface area contributed by atoms with Crippen LogP contribution in [0.2, 0.25) is 0 Å². The van der Waals surface area contributed by atoms with E-state index >= 15 is 0 Å². The van der Waals surface area contributed by atoms with Crippen LogP contribution in [0.1, 0.15) is 12.8 Å². The van der Waals surface area contributed by atoms with Crippen LogP contribution in [0, 0.1) is 5.82 Å². The maximum Gasteiger partial charge on any atom is 0.251 e. The molecule has 0 spiro atoms. The van der Waals surface area contributed by atoms with Gasteiger partial charge in [-0.2, -0.15) is 0 Å². The van der Waals surface area contributed by atoms with Crippen molar-refractivity contribution in [3.63, 3.8) is 0 Å². The highest BCUT2D eigenvalue weighted by Crippen LogP contribution is 2.22. The molecule has 2 heterocycles. The third-order valence-electron chi connectivity index (χ3n) is 4.04. The van der Waals surface area contributed by atoms with Gasteiger partial charge in [0.05, 0.1) is 25.6 Å². The third-order valence-corrected chi connectivity index (χ3v) is 4.04. The Kier molecular flexibility index (Phi) is 4.75. The molecule has 0 radical (unpaired) electrons. The highest BCUT2D eigenvalue weighted by molar-refractivity contribution is 5.98. The zero-order valence-corrected chi connectivity index (χ0v) is 13.5. The number of allylic oxidation sites excluding steroid dienone is 1. The molecule has 2 atom stereocenters. The molecule has 1 N–H and O–H groups in total. The molecule has 1 aromatic rings. The Balaban J connectivity index is 1.69. The summed E-state index contributed by atoms with van der Waals surface area (Å²) in [7, 11) is 3.22. The Hall–Kier alpha value is -2.48. The van der Waals surface area contributed by atoms with Crippen molar-refractivity contribution in [3.05, 3.63) is 41.8 Å². The second-order valence-corrected chi connectivity index (χ2v) is 5.60. The van der Waals surface area contributed by atoms with E-state index in [2.05, 4.69) is 15.3 Å². The first kappa shape index (κ1) is 16.4. The summed E-state index contributed by atoms with van der Waals surface area (Å²) < 4.78 is 23.5. The van der Waals surface area contributed by atoms with Gasteiger partial charge in [-0.3, -0.25) is 9.69 Å². The molecule has 1 saturated heterocycles. The molecule has 1 fully saturated rings. The Morgan fingerprint density at radius 2 is 2.08 bits per heavy atom. The lowest BCUT2D eigenvalue weighted by atomic mass is 10.1. The molecule has 0 aromatic carbocycles. The SMILES string of the molecule is COC1=CC(OC)CC(NC2CCN(c3ncc(F)cn3)C2=O)=C1. The van der Waals surface area contributed by atoms with Gasteiger partial charge in [0.25, 0.3) is 5.91 Å². The van der Waals surface area contributed by atoms with Gasteiger partial charge < -0.3 is 14.8 Å². The van der Waals surface area contributed by atoms with E-state index in [1.165, 1.54) is 4.90 Å². The molecule has 1 aliphatic heterocycles. The Morgan fingerprint density at radius 3 is 2.75 bits per heavy atom. The number of aromatic nitrogens is 2. The molecule has 1 aliphatic carbocycles. The van der Waals surface area contributed by atoms with Crippen molar-refractivity contribution in [3.8, 4) is 0 Å². The number of nitrogens with zero attached hydrogens (tertiary/aromatic N) is 3. The third kappa shape index (κ3) is 3.38. The number of carbonyl (C=O) groups excluding carboxylic acids is 1. The summed E-state index contributed by atoms with van der Waals surface area (Å²) in [6.45, 7) is 0.482. The van der Waals surface area contributed by atoms with E-state index < -0.39 is 5.82 Å². The number of rotatable bonds is 5. The number of amides is 1. The molecule has 8 heteroatoms. The van der Waals surface area contributed by atoms with Gasteiger partial charge in [-0.15, -0.1) is 0 Å². The largest absolute Gasteiger partial charge is 0.497 e. The van der Waals surface area contributed by atoms with E-state index in [1.54, 1.807) is 14.2 Å². The minimum absolute atomic E-state index is 0.0968. The van der Waals surface area contributed by atoms with Gasteiger partial charge in [-0.25, -0.2) is 14.4 Å². The first-order valence-electron chi connectivity index (χ1n) is 7.65. The fourth-order valence-corrected chi connectivity index (χ4v) is 2.80. The fraction of sp³-hybridized carbons (Fsp3) is 0.438. The molecular weight excluding hydrogens is 315 g/mol. The highest BCUT2D eigenvalue weighted by Gasteiger charge is 2.34. The summed E-state index contributed by atoms with van der Waals surface area (Å²) in [5.41, 5.74) is 0.876. The van der Waals surface area contributed by atoms with Crippen molar-refractivity contribution in [2.45, 2.75) is 25.0 Å². The number of nitrogens with one attached hydrogen (secondary N) is 1. The Morgan fingerprint density at radius 1 is 1.33 bits per heavy atom. The van der Waals surface area contributed by atoms with Crippen molar-refractivity contribution in [2.24, 2.45) is 0 Å². The summed E-state index contributed by atoms with van der Waals surface area (Å²) in [4.78, 5) is 21.8. The Bertz CT molecular complexity index is 674. The molecule has 24 heavy (non-hydrogen) atoms. The van der Waals surface area contributed by atoms with Crippen LogP contribution in [0.4, 0.5) is 10.3 Å². The van der Waals surface area contributed by atoms with E-state index in [-0.39, 0.29) is 24.0 Å². The van der Waals surface area contributed by atoms with Crippen LogP contribution in [0.15, 0.2) is 36.0 Å². The number of anilines is 1. The van der Waals surface area contributed by atoms with Crippen molar-refractivity contribution >= 4 is 11.9 Å². The van der Waals surface area contributed by atoms with Crippen molar-refractivity contribution in [1.82, 2.24) is 15.3 Å². The average molecular weight is 334 g/mol. The average Bonchev–Trinajstić information content (AvgIpc) is 2.96. The van der Waals surface area contributed by atoms with Crippen molar-refractivity contribution in [2.75, 3.05) is 25.7 Å². The van der Waals surface area contributed by atoms with Crippen LogP contribution in [0.25, 0.3) is 0 Å². The normalized spacial score (nSPS) is 23.8. The van der Waals surface area contributed by atoms with Gasteiger partial charge in [0, 0.05) is 25.8 Å². The number of carbonyl (C=O) groups is 1. The van der Waals surface area contributed by atoms with Gasteiger partial charge in [-0.1, -0.05) is 0 Å². The number of hydrogen-bond donors (Lipinski definition) is 1. The van der Waals surface area contributed by atoms with E-state index in [0.717, 1.165) is 18.1 Å². The van der Waals surface area contributed by atoms with Crippen LogP contribution >= 0.6 is 0 Å². The lowest BCUT2D eigenvalue weighted by Crippen LogP contribution is -2.39. The number of halogens is 1. The molecule has 0 bridgehead atoms. The zero-order valence-electron chi connectivity index (χ0n) is 13.5. The minimum atomic E-state index is -0.531. The first-order chi connectivity index (χ1) is 11.6. The van der Waals surface area contributed by atoms with Gasteiger partial charge >= 0.3 is 0 Å². The number of methoxy groups -OCH3 is 2. The lowest BCUT2D eigenvalue weighted by molar-refractivity contribution is -0.118. The second kappa shape index (κ2) is 6.96. The molecule has 1 amide bonds. The molecule has 0 saturated carbocycles. The molecule has 2 unspecified atom stereocenters. The predicted molar refractivity (Wildman–Crippen MR) is 84.5 cm³/mol. The van der Waals surface area contributed by atoms with Crippen LogP contribution in [0.3, 0.4) is 0 Å². The molecule has 3 rings (SSSR count). The molecule has 2 aliphatic rings. The van der Waals surface area contributed by atoms with Gasteiger partial charge in [0.1, 0.15) is 11.8 Å². The minimum Gasteiger partial charge on any atom is -0.497 e. The van der Waals surface area contributed by atoms with E-state index in [4.69, 9.17) is 9.47 Å². The van der Waals surface area contributed by atoms with Crippen LogP contribution in [-0.2, 0) is 14.3 Å². The second-order valence-electron chi connectivity index (χ2n) is 5.60. The summed E-state index contributed by atoms with van der Waals surface area (Å²) in [5.74, 6) is 0.247. The van der Waals surface area contributed by atoms with Crippen molar-refractivity contribution in [1.29, 1.82) is 0 Å². The monoisotopic (exact) mass is 334 g/mol. The van der Waals surface area contributed by atoms with Crippen molar-refractivity contribution < 1.29 is 18.7 Å². The smallest absolute Gasteiger partial charge is 0.251 e. The highest BCUT2D eigenvalue weighted by atomic mass is 19.1. The fourth-order valence-electron chi connectivity index (χ4n) is 2.80. The van der Waals surface area contributed by atoms with E-state index in [0.29, 0.717) is 25.1 Å². The maximum absolute atomic E-state index is 12.9. The van der Waals surface area contributed by atoms with Crippen LogP contribution in [0.5, 0.6) is 0 Å².